The largest absolute Gasteiger partial charge is 0.469 e. The smallest absolute Gasteiger partial charge is 0.240 e. The van der Waals surface area contributed by atoms with E-state index in [0.717, 1.165) is 16.8 Å². The van der Waals surface area contributed by atoms with Gasteiger partial charge in [-0.3, -0.25) is 4.79 Å². The Morgan fingerprint density at radius 2 is 1.66 bits per heavy atom. The summed E-state index contributed by atoms with van der Waals surface area (Å²) in [5.41, 5.74) is 2.75. The maximum Gasteiger partial charge on any atom is 0.240 e. The van der Waals surface area contributed by atoms with Gasteiger partial charge in [0.15, 0.2) is 0 Å². The molecule has 2 aliphatic heterocycles. The lowest BCUT2D eigenvalue weighted by Crippen LogP contribution is -2.33. The van der Waals surface area contributed by atoms with Crippen LogP contribution in [0.2, 0.25) is 0 Å². The van der Waals surface area contributed by atoms with Crippen LogP contribution in [0.15, 0.2) is 62.7 Å². The maximum atomic E-state index is 13.1. The molecule has 0 fully saturated rings. The van der Waals surface area contributed by atoms with Crippen molar-refractivity contribution in [1.29, 1.82) is 0 Å². The molecular formula is C21H20N2O5S. The predicted molar refractivity (Wildman–Crippen MR) is 105 cm³/mol. The molecule has 7 nitrogen and oxygen atoms in total. The van der Waals surface area contributed by atoms with Crippen LogP contribution in [-0.2, 0) is 27.7 Å². The van der Waals surface area contributed by atoms with E-state index in [-0.39, 0.29) is 23.3 Å². The molecule has 5 rings (SSSR count). The summed E-state index contributed by atoms with van der Waals surface area (Å²) in [6, 6.07) is 10.5. The van der Waals surface area contributed by atoms with Gasteiger partial charge in [0.05, 0.1) is 29.0 Å². The first-order valence-electron chi connectivity index (χ1n) is 9.55. The van der Waals surface area contributed by atoms with E-state index >= 15 is 0 Å². The van der Waals surface area contributed by atoms with Gasteiger partial charge in [0, 0.05) is 19.5 Å². The van der Waals surface area contributed by atoms with Gasteiger partial charge in [-0.1, -0.05) is 0 Å². The van der Waals surface area contributed by atoms with Crippen molar-refractivity contribution >= 4 is 21.6 Å². The molecule has 2 aliphatic rings. The van der Waals surface area contributed by atoms with Crippen LogP contribution in [0.1, 0.15) is 35.0 Å². The minimum atomic E-state index is -3.74. The highest BCUT2D eigenvalue weighted by molar-refractivity contribution is 7.89. The van der Waals surface area contributed by atoms with Gasteiger partial charge < -0.3 is 13.7 Å². The van der Waals surface area contributed by atoms with Crippen molar-refractivity contribution in [3.05, 3.63) is 71.6 Å². The Hall–Kier alpha value is -2.84. The summed E-state index contributed by atoms with van der Waals surface area (Å²) >= 11 is 0. The summed E-state index contributed by atoms with van der Waals surface area (Å²) in [6.07, 6.45) is 4.78. The summed E-state index contributed by atoms with van der Waals surface area (Å²) in [4.78, 5) is 14.1. The quantitative estimate of drug-likeness (QED) is 0.672. The molecule has 150 valence electrons. The van der Waals surface area contributed by atoms with Crippen LogP contribution in [0.25, 0.3) is 0 Å². The Morgan fingerprint density at radius 1 is 1.00 bits per heavy atom. The first-order chi connectivity index (χ1) is 14.0. The van der Waals surface area contributed by atoms with Crippen LogP contribution in [0.4, 0.5) is 5.69 Å². The number of furan rings is 2. The zero-order valence-electron chi connectivity index (χ0n) is 15.6. The Balaban J connectivity index is 1.43. The highest BCUT2D eigenvalue weighted by Gasteiger charge is 2.33. The summed E-state index contributed by atoms with van der Waals surface area (Å²) in [5.74, 6) is 1.00. The number of anilines is 1. The molecule has 8 heteroatoms. The summed E-state index contributed by atoms with van der Waals surface area (Å²) in [7, 11) is -3.74. The topological polar surface area (TPSA) is 92.8 Å². The molecule has 0 saturated heterocycles. The van der Waals surface area contributed by atoms with Crippen LogP contribution >= 0.6 is 0 Å². The number of nitrogens with zero attached hydrogens (tertiary/aromatic N) is 1. The lowest BCUT2D eigenvalue weighted by molar-refractivity contribution is -0.118. The van der Waals surface area contributed by atoms with E-state index in [4.69, 9.17) is 8.83 Å². The number of aryl methyl sites for hydroxylation is 1. The Morgan fingerprint density at radius 3 is 2.28 bits per heavy atom. The lowest BCUT2D eigenvalue weighted by Gasteiger charge is -2.25. The fourth-order valence-electron chi connectivity index (χ4n) is 4.18. The Labute approximate surface area is 168 Å². The molecule has 29 heavy (non-hydrogen) atoms. The molecule has 1 N–H and O–H groups in total. The number of hydrogen-bond donors (Lipinski definition) is 1. The number of nitrogens with one attached hydrogen (secondary N) is 1. The van der Waals surface area contributed by atoms with Crippen molar-refractivity contribution in [2.45, 2.75) is 30.1 Å². The zero-order chi connectivity index (χ0) is 20.0. The third kappa shape index (κ3) is 3.18. The second-order valence-electron chi connectivity index (χ2n) is 7.32. The molecule has 0 atom stereocenters. The van der Waals surface area contributed by atoms with Crippen molar-refractivity contribution < 1.29 is 22.0 Å². The van der Waals surface area contributed by atoms with Crippen molar-refractivity contribution in [1.82, 2.24) is 4.72 Å². The van der Waals surface area contributed by atoms with Gasteiger partial charge in [-0.2, -0.15) is 0 Å². The fourth-order valence-corrected chi connectivity index (χ4v) is 5.33. The zero-order valence-corrected chi connectivity index (χ0v) is 16.4. The summed E-state index contributed by atoms with van der Waals surface area (Å²) in [6.45, 7) is 0.734. The second kappa shape index (κ2) is 6.89. The van der Waals surface area contributed by atoms with Gasteiger partial charge >= 0.3 is 0 Å². The minimum absolute atomic E-state index is 0.111. The van der Waals surface area contributed by atoms with Crippen LogP contribution in [-0.4, -0.2) is 27.4 Å². The Kier molecular flexibility index (Phi) is 4.33. The molecule has 0 unspecified atom stereocenters. The molecule has 1 aromatic carbocycles. The average molecular weight is 412 g/mol. The highest BCUT2D eigenvalue weighted by Crippen LogP contribution is 2.38. The lowest BCUT2D eigenvalue weighted by atomic mass is 10.00. The van der Waals surface area contributed by atoms with Crippen molar-refractivity contribution in [2.24, 2.45) is 0 Å². The molecule has 2 aromatic heterocycles. The standard InChI is InChI=1S/C21H20N2O5S/c24-20-6-5-14-11-16(12-15-7-8-23(20)21(14)15)29(25,26)22-13-17(18-3-1-9-27-18)19-4-2-10-28-19/h1-4,9-12,17,22H,5-8,13H2. The molecule has 0 aliphatic carbocycles. The van der Waals surface area contributed by atoms with E-state index in [1.807, 2.05) is 0 Å². The van der Waals surface area contributed by atoms with Crippen LogP contribution in [0.3, 0.4) is 0 Å². The van der Waals surface area contributed by atoms with E-state index in [2.05, 4.69) is 4.72 Å². The number of carbonyl (C=O) groups excluding carboxylic acids is 1. The fraction of sp³-hybridized carbons (Fsp3) is 0.286. The molecule has 0 saturated carbocycles. The van der Waals surface area contributed by atoms with Crippen LogP contribution in [0, 0.1) is 0 Å². The van der Waals surface area contributed by atoms with E-state index in [0.29, 0.717) is 37.3 Å². The van der Waals surface area contributed by atoms with Crippen molar-refractivity contribution in [2.75, 3.05) is 18.0 Å². The number of sulfonamides is 1. The van der Waals surface area contributed by atoms with Gasteiger partial charge in [-0.25, -0.2) is 13.1 Å². The monoisotopic (exact) mass is 412 g/mol. The van der Waals surface area contributed by atoms with E-state index in [1.54, 1.807) is 53.8 Å². The first-order valence-corrected chi connectivity index (χ1v) is 11.0. The highest BCUT2D eigenvalue weighted by atomic mass is 32.2. The second-order valence-corrected chi connectivity index (χ2v) is 9.09. The van der Waals surface area contributed by atoms with E-state index in [1.165, 1.54) is 0 Å². The number of rotatable bonds is 6. The molecule has 3 aromatic rings. The Bertz CT molecular complexity index is 1120. The molecular weight excluding hydrogens is 392 g/mol. The van der Waals surface area contributed by atoms with Gasteiger partial charge in [0.25, 0.3) is 0 Å². The summed E-state index contributed by atoms with van der Waals surface area (Å²) < 4.78 is 39.8. The number of amides is 1. The molecule has 1 amide bonds. The number of benzene rings is 1. The van der Waals surface area contributed by atoms with Crippen molar-refractivity contribution in [3.8, 4) is 0 Å². The normalized spacial score (nSPS) is 15.9. The third-order valence-corrected chi connectivity index (χ3v) is 6.99. The number of carbonyl (C=O) groups is 1. The molecule has 4 heterocycles. The average Bonchev–Trinajstić information content (AvgIpc) is 3.46. The van der Waals surface area contributed by atoms with E-state index in [9.17, 15) is 13.2 Å². The van der Waals surface area contributed by atoms with Crippen LogP contribution in [0.5, 0.6) is 0 Å². The maximum absolute atomic E-state index is 13.1. The van der Waals surface area contributed by atoms with E-state index < -0.39 is 10.0 Å². The minimum Gasteiger partial charge on any atom is -0.469 e. The molecule has 0 spiro atoms. The van der Waals surface area contributed by atoms with Gasteiger partial charge in [-0.05, 0) is 60.4 Å². The predicted octanol–water partition coefficient (Wildman–Crippen LogP) is 2.82. The van der Waals surface area contributed by atoms with Crippen molar-refractivity contribution in [3.63, 3.8) is 0 Å². The summed E-state index contributed by atoms with van der Waals surface area (Å²) in [5, 5.41) is 0. The molecule has 0 bridgehead atoms. The number of hydrogen-bond acceptors (Lipinski definition) is 5. The van der Waals surface area contributed by atoms with Gasteiger partial charge in [-0.15, -0.1) is 0 Å². The third-order valence-electron chi connectivity index (χ3n) is 5.59. The van der Waals surface area contributed by atoms with Crippen LogP contribution < -0.4 is 9.62 Å². The SMILES string of the molecule is O=C1CCc2cc(S(=O)(=O)NCC(c3ccco3)c3ccco3)cc3c2N1CC3. The first kappa shape index (κ1) is 18.2. The van der Waals surface area contributed by atoms with Gasteiger partial charge in [0.1, 0.15) is 11.5 Å². The molecule has 0 radical (unpaired) electrons. The van der Waals surface area contributed by atoms with Gasteiger partial charge in [0.2, 0.25) is 15.9 Å².